The van der Waals surface area contributed by atoms with Crippen molar-refractivity contribution in [3.63, 3.8) is 0 Å². The Balaban J connectivity index is 1.02. The highest BCUT2D eigenvalue weighted by molar-refractivity contribution is 7.25. The van der Waals surface area contributed by atoms with Crippen molar-refractivity contribution in [3.05, 3.63) is 163 Å². The van der Waals surface area contributed by atoms with Gasteiger partial charge >= 0.3 is 0 Å². The molecular formula is C50H39NS. The largest absolute Gasteiger partial charge is 0.310 e. The quantitative estimate of drug-likeness (QED) is 0.178. The highest BCUT2D eigenvalue weighted by atomic mass is 32.1. The van der Waals surface area contributed by atoms with Crippen molar-refractivity contribution in [1.82, 2.24) is 0 Å². The number of benzene rings is 7. The Bertz CT molecular complexity index is 2700. The second-order valence-electron chi connectivity index (χ2n) is 16.1. The van der Waals surface area contributed by atoms with Crippen molar-refractivity contribution in [2.24, 2.45) is 23.7 Å². The van der Waals surface area contributed by atoms with E-state index in [1.807, 2.05) is 11.3 Å². The number of nitrogens with zero attached hydrogens (tertiary/aromatic N) is 1. The molecule has 5 aliphatic rings. The third kappa shape index (κ3) is 4.28. The van der Waals surface area contributed by atoms with Crippen LogP contribution in [-0.4, -0.2) is 0 Å². The molecule has 13 rings (SSSR count). The van der Waals surface area contributed by atoms with Gasteiger partial charge in [0.1, 0.15) is 0 Å². The lowest BCUT2D eigenvalue weighted by molar-refractivity contribution is 0.197. The molecule has 6 atom stereocenters. The zero-order valence-corrected chi connectivity index (χ0v) is 29.9. The molecule has 5 aliphatic carbocycles. The van der Waals surface area contributed by atoms with Gasteiger partial charge in [0.2, 0.25) is 0 Å². The van der Waals surface area contributed by atoms with Gasteiger partial charge in [0, 0.05) is 36.9 Å². The van der Waals surface area contributed by atoms with Gasteiger partial charge in [0.15, 0.2) is 0 Å². The van der Waals surface area contributed by atoms with Crippen molar-refractivity contribution in [2.75, 3.05) is 4.90 Å². The molecule has 2 heteroatoms. The Morgan fingerprint density at radius 2 is 1.23 bits per heavy atom. The molecule has 0 radical (unpaired) electrons. The van der Waals surface area contributed by atoms with Crippen LogP contribution >= 0.6 is 11.3 Å². The lowest BCUT2D eigenvalue weighted by Gasteiger charge is -2.37. The second kappa shape index (κ2) is 11.2. The van der Waals surface area contributed by atoms with E-state index in [0.29, 0.717) is 11.8 Å². The van der Waals surface area contributed by atoms with E-state index in [1.165, 1.54) is 95.9 Å². The maximum Gasteiger partial charge on any atom is 0.0540 e. The van der Waals surface area contributed by atoms with E-state index in [0.717, 1.165) is 23.7 Å². The molecule has 1 aromatic heterocycles. The fourth-order valence-corrected chi connectivity index (χ4v) is 12.8. The van der Waals surface area contributed by atoms with Gasteiger partial charge in [-0.2, -0.15) is 0 Å². The zero-order valence-electron chi connectivity index (χ0n) is 29.1. The molecule has 0 spiro atoms. The van der Waals surface area contributed by atoms with E-state index in [1.54, 1.807) is 11.1 Å². The summed E-state index contributed by atoms with van der Waals surface area (Å²) in [6.45, 7) is 0. The molecule has 1 heterocycles. The van der Waals surface area contributed by atoms with E-state index in [4.69, 9.17) is 0 Å². The summed E-state index contributed by atoms with van der Waals surface area (Å²) < 4.78 is 2.70. The van der Waals surface area contributed by atoms with Gasteiger partial charge < -0.3 is 4.90 Å². The SMILES string of the molecule is c1ccc2c(c1)-c1ccc(N(c3ccc(-c4ccc5c(c4)sc4ccccc45)cc3)c3cccc4ccccc34)cc1C1CC3CC4CC2CC3C41. The Kier molecular flexibility index (Phi) is 6.31. The molecule has 6 unspecified atom stereocenters. The monoisotopic (exact) mass is 685 g/mol. The van der Waals surface area contributed by atoms with Crippen molar-refractivity contribution < 1.29 is 0 Å². The van der Waals surface area contributed by atoms with E-state index >= 15 is 0 Å². The third-order valence-electron chi connectivity index (χ3n) is 13.6. The average molecular weight is 686 g/mol. The van der Waals surface area contributed by atoms with Gasteiger partial charge in [0.25, 0.3) is 0 Å². The minimum atomic E-state index is 0.649. The number of anilines is 3. The van der Waals surface area contributed by atoms with Crippen LogP contribution in [-0.2, 0) is 0 Å². The molecule has 3 saturated carbocycles. The predicted molar refractivity (Wildman–Crippen MR) is 220 cm³/mol. The summed E-state index contributed by atoms with van der Waals surface area (Å²) >= 11 is 1.89. The normalized spacial score (nSPS) is 23.8. The van der Waals surface area contributed by atoms with E-state index in [9.17, 15) is 0 Å². The topological polar surface area (TPSA) is 3.24 Å². The zero-order chi connectivity index (χ0) is 33.9. The first-order chi connectivity index (χ1) is 25.7. The van der Waals surface area contributed by atoms with Gasteiger partial charge in [-0.15, -0.1) is 11.3 Å². The Hall–Kier alpha value is -5.18. The average Bonchev–Trinajstić information content (AvgIpc) is 3.83. The molecular weight excluding hydrogens is 647 g/mol. The molecule has 0 amide bonds. The molecule has 250 valence electrons. The number of rotatable bonds is 4. The molecule has 0 N–H and O–H groups in total. The van der Waals surface area contributed by atoms with Crippen LogP contribution in [0.3, 0.4) is 0 Å². The van der Waals surface area contributed by atoms with Crippen LogP contribution in [0.4, 0.5) is 17.1 Å². The summed E-state index contributed by atoms with van der Waals surface area (Å²) in [5.74, 6) is 4.88. The maximum absolute atomic E-state index is 2.61. The van der Waals surface area contributed by atoms with Gasteiger partial charge in [-0.05, 0) is 142 Å². The van der Waals surface area contributed by atoms with Crippen molar-refractivity contribution in [2.45, 2.75) is 37.5 Å². The summed E-state index contributed by atoms with van der Waals surface area (Å²) in [5, 5.41) is 5.24. The first kappa shape index (κ1) is 29.4. The second-order valence-corrected chi connectivity index (χ2v) is 17.1. The number of fused-ring (bicyclic) bond motifs is 4. The van der Waals surface area contributed by atoms with Crippen LogP contribution in [0.25, 0.3) is 53.2 Å². The van der Waals surface area contributed by atoms with Crippen molar-refractivity contribution in [1.29, 1.82) is 0 Å². The summed E-state index contributed by atoms with van der Waals surface area (Å²) in [4.78, 5) is 2.53. The van der Waals surface area contributed by atoms with Crippen LogP contribution in [0.15, 0.2) is 152 Å². The summed E-state index contributed by atoms with van der Waals surface area (Å²) in [5.41, 5.74) is 12.4. The van der Waals surface area contributed by atoms with Gasteiger partial charge in [-0.3, -0.25) is 0 Å². The van der Waals surface area contributed by atoms with Gasteiger partial charge in [0.05, 0.1) is 5.69 Å². The Morgan fingerprint density at radius 1 is 0.481 bits per heavy atom. The maximum atomic E-state index is 2.61. The highest BCUT2D eigenvalue weighted by Gasteiger charge is 2.57. The minimum absolute atomic E-state index is 0.649. The van der Waals surface area contributed by atoms with Gasteiger partial charge in [-0.1, -0.05) is 109 Å². The molecule has 0 saturated heterocycles. The van der Waals surface area contributed by atoms with E-state index in [2.05, 4.69) is 157 Å². The van der Waals surface area contributed by atoms with E-state index in [-0.39, 0.29) is 0 Å². The molecule has 0 aliphatic heterocycles. The first-order valence-electron chi connectivity index (χ1n) is 19.3. The minimum Gasteiger partial charge on any atom is -0.310 e. The fourth-order valence-electron chi connectivity index (χ4n) is 11.6. The fraction of sp³-hybridized carbons (Fsp3) is 0.200. The number of hydrogen-bond donors (Lipinski definition) is 0. The number of hydrogen-bond acceptors (Lipinski definition) is 2. The van der Waals surface area contributed by atoms with Crippen molar-refractivity contribution in [3.8, 4) is 22.3 Å². The van der Waals surface area contributed by atoms with Crippen molar-refractivity contribution >= 4 is 59.3 Å². The van der Waals surface area contributed by atoms with Gasteiger partial charge in [-0.25, -0.2) is 0 Å². The smallest absolute Gasteiger partial charge is 0.0540 e. The van der Waals surface area contributed by atoms with E-state index < -0.39 is 0 Å². The lowest BCUT2D eigenvalue weighted by atomic mass is 9.68. The molecule has 6 bridgehead atoms. The van der Waals surface area contributed by atoms with Crippen LogP contribution in [0, 0.1) is 23.7 Å². The third-order valence-corrected chi connectivity index (χ3v) is 14.8. The summed E-state index contributed by atoms with van der Waals surface area (Å²) in [7, 11) is 0. The lowest BCUT2D eigenvalue weighted by Crippen LogP contribution is -2.26. The number of thiophene rings is 1. The van der Waals surface area contributed by atoms with Crippen LogP contribution in [0.5, 0.6) is 0 Å². The Morgan fingerprint density at radius 3 is 2.15 bits per heavy atom. The standard InChI is InChI=1S/C50H39NS/c1-2-11-39-31(8-1)9-7-14-47(39)51(36-19-16-30(17-20-36)32-18-22-43-42-13-5-6-15-48(42)52-49(43)28-32)37-21-23-41-40-12-4-3-10-38(40)33-24-35-25-34-27-46(45(41)29-37)50(35)44(34)26-33/h1-23,28-29,33-35,44,46,50H,24-27H2. The molecule has 52 heavy (non-hydrogen) atoms. The van der Waals surface area contributed by atoms with Crippen LogP contribution < -0.4 is 4.90 Å². The highest BCUT2D eigenvalue weighted by Crippen LogP contribution is 2.68. The predicted octanol–water partition coefficient (Wildman–Crippen LogP) is 14.3. The molecule has 3 fully saturated rings. The Labute approximate surface area is 309 Å². The summed E-state index contributed by atoms with van der Waals surface area (Å²) in [6, 6.07) is 57.6. The molecule has 1 nitrogen and oxygen atoms in total. The van der Waals surface area contributed by atoms with Crippen LogP contribution in [0.1, 0.15) is 48.6 Å². The molecule has 8 aromatic rings. The summed E-state index contributed by atoms with van der Waals surface area (Å²) in [6.07, 6.45) is 5.61. The first-order valence-corrected chi connectivity index (χ1v) is 20.1. The molecule has 7 aromatic carbocycles. The van der Waals surface area contributed by atoms with Crippen LogP contribution in [0.2, 0.25) is 0 Å².